The highest BCUT2D eigenvalue weighted by atomic mass is 32.1. The van der Waals surface area contributed by atoms with Gasteiger partial charge < -0.3 is 10.2 Å². The van der Waals surface area contributed by atoms with Gasteiger partial charge in [0.05, 0.1) is 0 Å². The molecule has 6 heteroatoms. The zero-order chi connectivity index (χ0) is 21.5. The van der Waals surface area contributed by atoms with Crippen molar-refractivity contribution < 1.29 is 4.79 Å². The number of rotatable bonds is 9. The number of nitrogens with zero attached hydrogens (tertiary/aromatic N) is 3. The van der Waals surface area contributed by atoms with Crippen LogP contribution in [0, 0.1) is 19.8 Å². The molecule has 1 N–H and O–H groups in total. The molecule has 2 aromatic carbocycles. The molecule has 1 heterocycles. The van der Waals surface area contributed by atoms with E-state index in [-0.39, 0.29) is 5.91 Å². The van der Waals surface area contributed by atoms with Crippen molar-refractivity contribution in [1.29, 1.82) is 0 Å². The van der Waals surface area contributed by atoms with Gasteiger partial charge in [-0.3, -0.25) is 4.79 Å². The van der Waals surface area contributed by atoms with Gasteiger partial charge in [-0.25, -0.2) is 4.98 Å². The Morgan fingerprint density at radius 3 is 2.30 bits per heavy atom. The number of benzene rings is 2. The van der Waals surface area contributed by atoms with Gasteiger partial charge in [-0.05, 0) is 37.5 Å². The summed E-state index contributed by atoms with van der Waals surface area (Å²) in [6, 6.07) is 16.3. The van der Waals surface area contributed by atoms with Gasteiger partial charge in [0.25, 0.3) is 0 Å². The Hall–Kier alpha value is -2.73. The van der Waals surface area contributed by atoms with Crippen LogP contribution in [0.2, 0.25) is 0 Å². The van der Waals surface area contributed by atoms with Crippen molar-refractivity contribution in [2.75, 3.05) is 23.3 Å². The van der Waals surface area contributed by atoms with Gasteiger partial charge in [-0.2, -0.15) is 4.37 Å². The van der Waals surface area contributed by atoms with Crippen LogP contribution in [0.5, 0.6) is 0 Å². The summed E-state index contributed by atoms with van der Waals surface area (Å²) in [7, 11) is 0. The predicted octanol–water partition coefficient (Wildman–Crippen LogP) is 5.24. The Balaban J connectivity index is 1.61. The summed E-state index contributed by atoms with van der Waals surface area (Å²) in [5.74, 6) is 1.31. The molecule has 0 bridgehead atoms. The van der Waals surface area contributed by atoms with Crippen LogP contribution in [-0.4, -0.2) is 28.4 Å². The Kier molecular flexibility index (Phi) is 7.57. The Bertz CT molecular complexity index is 948. The van der Waals surface area contributed by atoms with Gasteiger partial charge in [0, 0.05) is 43.2 Å². The van der Waals surface area contributed by atoms with Gasteiger partial charge in [-0.15, -0.1) is 0 Å². The van der Waals surface area contributed by atoms with Crippen molar-refractivity contribution in [2.24, 2.45) is 5.92 Å². The third-order valence-electron chi connectivity index (χ3n) is 4.74. The Morgan fingerprint density at radius 2 is 1.67 bits per heavy atom. The first-order valence-corrected chi connectivity index (χ1v) is 11.2. The lowest BCUT2D eigenvalue weighted by atomic mass is 10.1. The van der Waals surface area contributed by atoms with Gasteiger partial charge in [-0.1, -0.05) is 61.4 Å². The Morgan fingerprint density at radius 1 is 1.03 bits per heavy atom. The summed E-state index contributed by atoms with van der Waals surface area (Å²) in [6.07, 6.45) is 1.13. The second-order valence-corrected chi connectivity index (χ2v) is 8.89. The summed E-state index contributed by atoms with van der Waals surface area (Å²) < 4.78 is 4.55. The minimum atomic E-state index is 0.0111. The van der Waals surface area contributed by atoms with Crippen LogP contribution in [0.4, 0.5) is 10.8 Å². The fourth-order valence-electron chi connectivity index (χ4n) is 3.14. The molecule has 5 nitrogen and oxygen atoms in total. The number of anilines is 2. The molecular weight excluding hydrogens is 392 g/mol. The number of carbonyl (C=O) groups excluding carboxylic acids is 1. The van der Waals surface area contributed by atoms with E-state index < -0.39 is 0 Å². The van der Waals surface area contributed by atoms with E-state index in [4.69, 9.17) is 4.98 Å². The van der Waals surface area contributed by atoms with Crippen molar-refractivity contribution in [3.05, 3.63) is 71.0 Å². The molecule has 3 aromatic rings. The SMILES string of the molecule is Cc1ccc(Cc2nsc(N(CCC(=O)Nc3ccc(C)cc3)CC(C)C)n2)cc1. The normalized spacial score (nSPS) is 11.0. The monoisotopic (exact) mass is 422 g/mol. The number of amides is 1. The van der Waals surface area contributed by atoms with Crippen LogP contribution in [0.3, 0.4) is 0 Å². The lowest BCUT2D eigenvalue weighted by Gasteiger charge is -2.23. The average molecular weight is 423 g/mol. The smallest absolute Gasteiger partial charge is 0.226 e. The maximum atomic E-state index is 12.4. The molecular formula is C24H30N4OS. The van der Waals surface area contributed by atoms with E-state index >= 15 is 0 Å². The summed E-state index contributed by atoms with van der Waals surface area (Å²) >= 11 is 1.41. The van der Waals surface area contributed by atoms with Crippen LogP contribution >= 0.6 is 11.5 Å². The summed E-state index contributed by atoms with van der Waals surface area (Å²) in [5.41, 5.74) is 4.46. The van der Waals surface area contributed by atoms with Crippen molar-refractivity contribution in [3.8, 4) is 0 Å². The minimum absolute atomic E-state index is 0.0111. The van der Waals surface area contributed by atoms with Crippen molar-refractivity contribution in [3.63, 3.8) is 0 Å². The molecule has 158 valence electrons. The zero-order valence-electron chi connectivity index (χ0n) is 18.2. The van der Waals surface area contributed by atoms with Crippen LogP contribution in [0.25, 0.3) is 0 Å². The second-order valence-electron chi connectivity index (χ2n) is 8.16. The first-order valence-electron chi connectivity index (χ1n) is 10.4. The van der Waals surface area contributed by atoms with E-state index in [1.54, 1.807) is 0 Å². The number of aryl methyl sites for hydroxylation is 2. The van der Waals surface area contributed by atoms with E-state index in [2.05, 4.69) is 59.6 Å². The third-order valence-corrected chi connectivity index (χ3v) is 5.56. The number of nitrogens with one attached hydrogen (secondary N) is 1. The van der Waals surface area contributed by atoms with E-state index in [9.17, 15) is 4.79 Å². The van der Waals surface area contributed by atoms with E-state index in [0.717, 1.165) is 29.6 Å². The second kappa shape index (κ2) is 10.3. The molecule has 0 saturated carbocycles. The molecule has 1 aromatic heterocycles. The Labute approximate surface area is 183 Å². The molecule has 0 aliphatic rings. The molecule has 0 aliphatic heterocycles. The highest BCUT2D eigenvalue weighted by molar-refractivity contribution is 7.09. The molecule has 0 unspecified atom stereocenters. The van der Waals surface area contributed by atoms with Gasteiger partial charge in [0.1, 0.15) is 5.82 Å². The van der Waals surface area contributed by atoms with Crippen LogP contribution in [0.1, 0.15) is 42.8 Å². The lowest BCUT2D eigenvalue weighted by molar-refractivity contribution is -0.116. The first-order chi connectivity index (χ1) is 14.4. The molecule has 3 rings (SSSR count). The fourth-order valence-corrected chi connectivity index (χ4v) is 3.86. The summed E-state index contributed by atoms with van der Waals surface area (Å²) in [4.78, 5) is 19.4. The fraction of sp³-hybridized carbons (Fsp3) is 0.375. The summed E-state index contributed by atoms with van der Waals surface area (Å²) in [6.45, 7) is 9.93. The highest BCUT2D eigenvalue weighted by Crippen LogP contribution is 2.21. The van der Waals surface area contributed by atoms with E-state index in [1.165, 1.54) is 28.2 Å². The standard InChI is InChI=1S/C24H30N4OS/c1-17(2)16-28(14-13-23(29)25-21-11-7-19(4)8-12-21)24-26-22(27-30-24)15-20-9-5-18(3)6-10-20/h5-12,17H,13-16H2,1-4H3,(H,25,29). The van der Waals surface area contributed by atoms with Crippen molar-refractivity contribution in [1.82, 2.24) is 9.36 Å². The van der Waals surface area contributed by atoms with Gasteiger partial charge in [0.2, 0.25) is 11.0 Å². The first kappa shape index (κ1) is 22.0. The zero-order valence-corrected chi connectivity index (χ0v) is 19.0. The molecule has 1 amide bonds. The third kappa shape index (κ3) is 6.66. The molecule has 0 saturated heterocycles. The molecule has 0 atom stereocenters. The average Bonchev–Trinajstić information content (AvgIpc) is 3.17. The molecule has 0 spiro atoms. The van der Waals surface area contributed by atoms with Crippen LogP contribution in [0.15, 0.2) is 48.5 Å². The summed E-state index contributed by atoms with van der Waals surface area (Å²) in [5, 5.41) is 3.86. The maximum Gasteiger partial charge on any atom is 0.226 e. The lowest BCUT2D eigenvalue weighted by Crippen LogP contribution is -2.31. The van der Waals surface area contributed by atoms with Crippen LogP contribution < -0.4 is 10.2 Å². The number of hydrogen-bond donors (Lipinski definition) is 1. The predicted molar refractivity (Wildman–Crippen MR) is 125 cm³/mol. The highest BCUT2D eigenvalue weighted by Gasteiger charge is 2.16. The topological polar surface area (TPSA) is 58.1 Å². The van der Waals surface area contributed by atoms with Gasteiger partial charge >= 0.3 is 0 Å². The number of aromatic nitrogens is 2. The van der Waals surface area contributed by atoms with Crippen LogP contribution in [-0.2, 0) is 11.2 Å². The van der Waals surface area contributed by atoms with E-state index in [1.807, 2.05) is 31.2 Å². The minimum Gasteiger partial charge on any atom is -0.346 e. The van der Waals surface area contributed by atoms with Crippen molar-refractivity contribution >= 4 is 28.3 Å². The molecule has 0 fully saturated rings. The van der Waals surface area contributed by atoms with Gasteiger partial charge in [0.15, 0.2) is 0 Å². The quantitative estimate of drug-likeness (QED) is 0.512. The largest absolute Gasteiger partial charge is 0.346 e. The maximum absolute atomic E-state index is 12.4. The molecule has 30 heavy (non-hydrogen) atoms. The van der Waals surface area contributed by atoms with Crippen molar-refractivity contribution in [2.45, 2.75) is 40.5 Å². The molecule has 0 radical (unpaired) electrons. The number of hydrogen-bond acceptors (Lipinski definition) is 5. The number of carbonyl (C=O) groups is 1. The molecule has 0 aliphatic carbocycles. The van der Waals surface area contributed by atoms with E-state index in [0.29, 0.717) is 18.9 Å².